The van der Waals surface area contributed by atoms with Crippen molar-refractivity contribution in [1.82, 2.24) is 0 Å². The van der Waals surface area contributed by atoms with E-state index in [1.165, 1.54) is 0 Å². The molecular weight excluding hydrogens is 218 g/mol. The lowest BCUT2D eigenvalue weighted by atomic mass is 9.93. The van der Waals surface area contributed by atoms with Gasteiger partial charge in [-0.1, -0.05) is 20.8 Å². The zero-order chi connectivity index (χ0) is 10.9. The number of carbonyl (C=O) groups is 1. The Labute approximate surface area is 94.9 Å². The van der Waals surface area contributed by atoms with Gasteiger partial charge >= 0.3 is 5.97 Å². The molecule has 0 spiro atoms. The number of hydrogen-bond acceptors (Lipinski definition) is 3. The highest BCUT2D eigenvalue weighted by Gasteiger charge is 2.23. The number of rotatable bonds is 2. The molecule has 0 aliphatic heterocycles. The number of carboxylic acid groups (broad SMARTS) is 1. The Kier molecular flexibility index (Phi) is 4.37. The van der Waals surface area contributed by atoms with Gasteiger partial charge < -0.3 is 15.3 Å². The van der Waals surface area contributed by atoms with Gasteiger partial charge in [0.1, 0.15) is 5.76 Å². The van der Waals surface area contributed by atoms with Crippen molar-refractivity contribution in [3.05, 3.63) is 23.2 Å². The molecular formula is C10H16ClNO3. The zero-order valence-electron chi connectivity index (χ0n) is 9.03. The Morgan fingerprint density at radius 2 is 2.07 bits per heavy atom. The van der Waals surface area contributed by atoms with Crippen LogP contribution in [0.1, 0.15) is 42.6 Å². The van der Waals surface area contributed by atoms with Gasteiger partial charge in [-0.25, -0.2) is 4.79 Å². The molecule has 5 heteroatoms. The second kappa shape index (κ2) is 4.68. The van der Waals surface area contributed by atoms with E-state index >= 15 is 0 Å². The van der Waals surface area contributed by atoms with E-state index in [1.54, 1.807) is 6.07 Å². The highest BCUT2D eigenvalue weighted by molar-refractivity contribution is 5.86. The third-order valence-corrected chi connectivity index (χ3v) is 1.96. The van der Waals surface area contributed by atoms with Crippen LogP contribution in [0.25, 0.3) is 0 Å². The van der Waals surface area contributed by atoms with E-state index in [0.717, 1.165) is 0 Å². The van der Waals surface area contributed by atoms with Crippen LogP contribution in [0, 0.1) is 0 Å². The summed E-state index contributed by atoms with van der Waals surface area (Å²) in [6, 6.07) is 1.71. The van der Waals surface area contributed by atoms with Crippen LogP contribution >= 0.6 is 12.4 Å². The van der Waals surface area contributed by atoms with Crippen LogP contribution in [0.15, 0.2) is 10.5 Å². The minimum atomic E-state index is -1.07. The summed E-state index contributed by atoms with van der Waals surface area (Å²) in [7, 11) is 0. The molecule has 0 aliphatic carbocycles. The molecule has 0 unspecified atom stereocenters. The van der Waals surface area contributed by atoms with Crippen molar-refractivity contribution < 1.29 is 14.3 Å². The summed E-state index contributed by atoms with van der Waals surface area (Å²) in [4.78, 5) is 10.8. The van der Waals surface area contributed by atoms with E-state index in [0.29, 0.717) is 11.3 Å². The first kappa shape index (κ1) is 14.0. The van der Waals surface area contributed by atoms with Crippen LogP contribution in [0.5, 0.6) is 0 Å². The third kappa shape index (κ3) is 2.97. The van der Waals surface area contributed by atoms with E-state index in [2.05, 4.69) is 0 Å². The van der Waals surface area contributed by atoms with Gasteiger partial charge in [0.25, 0.3) is 0 Å². The first-order valence-electron chi connectivity index (χ1n) is 4.43. The van der Waals surface area contributed by atoms with Crippen molar-refractivity contribution in [3.63, 3.8) is 0 Å². The molecule has 0 atom stereocenters. The molecule has 1 heterocycles. The smallest absolute Gasteiger partial charge is 0.372 e. The maximum Gasteiger partial charge on any atom is 0.372 e. The van der Waals surface area contributed by atoms with E-state index in [1.807, 2.05) is 20.8 Å². The topological polar surface area (TPSA) is 76.5 Å². The molecule has 0 aromatic carbocycles. The number of hydrogen-bond donors (Lipinski definition) is 2. The number of aromatic carboxylic acids is 1. The molecule has 0 saturated carbocycles. The van der Waals surface area contributed by atoms with Crippen molar-refractivity contribution in [1.29, 1.82) is 0 Å². The fourth-order valence-electron chi connectivity index (χ4n) is 1.13. The minimum absolute atomic E-state index is 0. The Morgan fingerprint density at radius 1 is 1.53 bits per heavy atom. The highest BCUT2D eigenvalue weighted by Crippen LogP contribution is 2.27. The summed E-state index contributed by atoms with van der Waals surface area (Å²) in [5.41, 5.74) is 5.77. The van der Waals surface area contributed by atoms with E-state index in [-0.39, 0.29) is 30.1 Å². The van der Waals surface area contributed by atoms with Crippen LogP contribution in [0.2, 0.25) is 0 Å². The summed E-state index contributed by atoms with van der Waals surface area (Å²) >= 11 is 0. The summed E-state index contributed by atoms with van der Waals surface area (Å²) < 4.78 is 5.25. The van der Waals surface area contributed by atoms with E-state index in [4.69, 9.17) is 15.3 Å². The molecule has 0 amide bonds. The second-order valence-corrected chi connectivity index (χ2v) is 4.22. The Balaban J connectivity index is 0.00000196. The predicted molar refractivity (Wildman–Crippen MR) is 59.5 cm³/mol. The highest BCUT2D eigenvalue weighted by atomic mass is 35.5. The second-order valence-electron chi connectivity index (χ2n) is 4.22. The molecule has 0 fully saturated rings. The molecule has 86 valence electrons. The molecule has 1 aromatic heterocycles. The van der Waals surface area contributed by atoms with E-state index < -0.39 is 5.97 Å². The van der Waals surface area contributed by atoms with Gasteiger partial charge in [0.05, 0.1) is 0 Å². The summed E-state index contributed by atoms with van der Waals surface area (Å²) in [6.45, 7) is 6.05. The number of furan rings is 1. The van der Waals surface area contributed by atoms with Crippen LogP contribution < -0.4 is 5.73 Å². The van der Waals surface area contributed by atoms with Crippen molar-refractivity contribution in [2.75, 3.05) is 0 Å². The van der Waals surface area contributed by atoms with Crippen LogP contribution in [0.4, 0.5) is 0 Å². The predicted octanol–water partition coefficient (Wildman–Crippen LogP) is 2.16. The van der Waals surface area contributed by atoms with Crippen LogP contribution in [0.3, 0.4) is 0 Å². The number of halogens is 1. The lowest BCUT2D eigenvalue weighted by molar-refractivity contribution is 0.0657. The van der Waals surface area contributed by atoms with Gasteiger partial charge in [0.15, 0.2) is 0 Å². The zero-order valence-corrected chi connectivity index (χ0v) is 9.85. The van der Waals surface area contributed by atoms with Gasteiger partial charge in [-0.15, -0.1) is 12.4 Å². The number of nitrogens with two attached hydrogens (primary N) is 1. The summed E-state index contributed by atoms with van der Waals surface area (Å²) in [6.07, 6.45) is 0. The lowest BCUT2D eigenvalue weighted by Crippen LogP contribution is -2.09. The van der Waals surface area contributed by atoms with Gasteiger partial charge in [-0.05, 0) is 6.07 Å². The van der Waals surface area contributed by atoms with Crippen LogP contribution in [-0.2, 0) is 12.0 Å². The first-order chi connectivity index (χ1) is 6.36. The molecule has 15 heavy (non-hydrogen) atoms. The van der Waals surface area contributed by atoms with Gasteiger partial charge in [0, 0.05) is 17.5 Å². The summed E-state index contributed by atoms with van der Waals surface area (Å²) in [5.74, 6) is -0.464. The van der Waals surface area contributed by atoms with Gasteiger partial charge in [-0.2, -0.15) is 0 Å². The average Bonchev–Trinajstić information content (AvgIpc) is 2.45. The minimum Gasteiger partial charge on any atom is -0.475 e. The normalized spacial score (nSPS) is 10.9. The largest absolute Gasteiger partial charge is 0.475 e. The van der Waals surface area contributed by atoms with Gasteiger partial charge in [0.2, 0.25) is 5.76 Å². The van der Waals surface area contributed by atoms with Crippen molar-refractivity contribution in [3.8, 4) is 0 Å². The lowest BCUT2D eigenvalue weighted by Gasteiger charge is -2.13. The molecule has 0 bridgehead atoms. The van der Waals surface area contributed by atoms with Crippen molar-refractivity contribution in [2.24, 2.45) is 5.73 Å². The van der Waals surface area contributed by atoms with Gasteiger partial charge in [-0.3, -0.25) is 0 Å². The third-order valence-electron chi connectivity index (χ3n) is 1.96. The maximum atomic E-state index is 10.8. The molecule has 1 aromatic rings. The Hall–Kier alpha value is -1.00. The van der Waals surface area contributed by atoms with Crippen LogP contribution in [-0.4, -0.2) is 11.1 Å². The molecule has 0 aliphatic rings. The Morgan fingerprint density at radius 3 is 2.33 bits per heavy atom. The van der Waals surface area contributed by atoms with E-state index in [9.17, 15) is 4.79 Å². The SMILES string of the molecule is CC(C)(C)c1cc(CN)c(C(=O)O)o1.Cl. The quantitative estimate of drug-likeness (QED) is 0.821. The molecule has 1 rings (SSSR count). The summed E-state index contributed by atoms with van der Waals surface area (Å²) in [5, 5.41) is 8.83. The molecule has 0 radical (unpaired) electrons. The Bertz CT molecular complexity index is 352. The standard InChI is InChI=1S/C10H15NO3.ClH/c1-10(2,3)7-4-6(5-11)8(14-7)9(12)13;/h4H,5,11H2,1-3H3,(H,12,13);1H. The molecule has 3 N–H and O–H groups in total. The van der Waals surface area contributed by atoms with Crippen molar-refractivity contribution in [2.45, 2.75) is 32.7 Å². The average molecular weight is 234 g/mol. The maximum absolute atomic E-state index is 10.8. The fourth-order valence-corrected chi connectivity index (χ4v) is 1.13. The monoisotopic (exact) mass is 233 g/mol. The molecule has 0 saturated heterocycles. The fraction of sp³-hybridized carbons (Fsp3) is 0.500. The molecule has 4 nitrogen and oxygen atoms in total. The van der Waals surface area contributed by atoms with Crippen molar-refractivity contribution >= 4 is 18.4 Å². The first-order valence-corrected chi connectivity index (χ1v) is 4.43. The number of carboxylic acids is 1.